The number of nitrogens with one attached hydrogen (secondary N) is 1. The Morgan fingerprint density at radius 3 is 2.36 bits per heavy atom. The number of hydrogen-bond acceptors (Lipinski definition) is 4. The summed E-state index contributed by atoms with van der Waals surface area (Å²) in [6.07, 6.45) is 9.56. The van der Waals surface area contributed by atoms with Crippen molar-refractivity contribution in [1.29, 1.82) is 0 Å². The van der Waals surface area contributed by atoms with E-state index in [4.69, 9.17) is 5.73 Å². The van der Waals surface area contributed by atoms with E-state index in [0.29, 0.717) is 12.5 Å². The molecular weight excluding hydrogens is 354 g/mol. The zero-order chi connectivity index (χ0) is 20.5. The fourth-order valence-corrected chi connectivity index (χ4v) is 5.52. The van der Waals surface area contributed by atoms with Gasteiger partial charge >= 0.3 is 0 Å². The van der Waals surface area contributed by atoms with Gasteiger partial charge in [-0.05, 0) is 48.9 Å². The fourth-order valence-electron chi connectivity index (χ4n) is 5.52. The lowest BCUT2D eigenvalue weighted by Crippen LogP contribution is -2.59. The first-order valence-corrected chi connectivity index (χ1v) is 11.1. The minimum atomic E-state index is -0.670. The van der Waals surface area contributed by atoms with Crippen molar-refractivity contribution in [1.82, 2.24) is 10.2 Å². The summed E-state index contributed by atoms with van der Waals surface area (Å²) in [5.41, 5.74) is 5.82. The molecule has 1 aliphatic heterocycles. The standard InChI is InChI=1S/C22H37N3O3/c1-22(2,3)19(24-20(27)18(23)14-8-5-4-6-9-14)21(28)25-12-15-10-7-11-16(15)17(25)13-26/h13-19H,4-12,23H2,1-3H3,(H,24,27)/t15?,16?,17-,18+,19?/m1/s1. The molecule has 6 heteroatoms. The molecule has 0 aromatic carbocycles. The number of amides is 2. The summed E-state index contributed by atoms with van der Waals surface area (Å²) in [6.45, 7) is 6.49. The van der Waals surface area contributed by atoms with Gasteiger partial charge in [-0.2, -0.15) is 0 Å². The molecule has 0 aromatic heterocycles. The quantitative estimate of drug-likeness (QED) is 0.703. The van der Waals surface area contributed by atoms with Gasteiger partial charge in [0.15, 0.2) is 0 Å². The first-order valence-electron chi connectivity index (χ1n) is 11.1. The zero-order valence-corrected chi connectivity index (χ0v) is 17.7. The molecule has 0 radical (unpaired) electrons. The minimum Gasteiger partial charge on any atom is -0.342 e. The van der Waals surface area contributed by atoms with E-state index in [9.17, 15) is 14.4 Å². The Hall–Kier alpha value is -1.43. The van der Waals surface area contributed by atoms with Crippen LogP contribution >= 0.6 is 0 Å². The van der Waals surface area contributed by atoms with Gasteiger partial charge in [-0.1, -0.05) is 46.5 Å². The van der Waals surface area contributed by atoms with Gasteiger partial charge in [0.1, 0.15) is 12.3 Å². The average Bonchev–Trinajstić information content (AvgIpc) is 3.25. The lowest BCUT2D eigenvalue weighted by Gasteiger charge is -2.36. The van der Waals surface area contributed by atoms with Crippen LogP contribution in [0.1, 0.15) is 72.1 Å². The van der Waals surface area contributed by atoms with Crippen molar-refractivity contribution in [2.75, 3.05) is 6.54 Å². The molecule has 28 heavy (non-hydrogen) atoms. The molecule has 158 valence electrons. The van der Waals surface area contributed by atoms with E-state index in [1.165, 1.54) is 6.42 Å². The number of carbonyl (C=O) groups is 3. The number of carbonyl (C=O) groups excluding carboxylic acids is 3. The molecule has 0 spiro atoms. The Labute approximate surface area is 169 Å². The molecule has 0 aromatic rings. The molecule has 2 amide bonds. The van der Waals surface area contributed by atoms with Crippen LogP contribution in [-0.2, 0) is 14.4 Å². The normalized spacial score (nSPS) is 30.6. The third-order valence-corrected chi connectivity index (χ3v) is 7.23. The highest BCUT2D eigenvalue weighted by atomic mass is 16.2. The molecule has 1 heterocycles. The van der Waals surface area contributed by atoms with Crippen molar-refractivity contribution in [2.45, 2.75) is 90.3 Å². The van der Waals surface area contributed by atoms with Crippen LogP contribution in [0.3, 0.4) is 0 Å². The lowest BCUT2D eigenvalue weighted by atomic mass is 9.82. The van der Waals surface area contributed by atoms with Crippen molar-refractivity contribution >= 4 is 18.1 Å². The molecule has 2 aliphatic carbocycles. The number of hydrogen-bond donors (Lipinski definition) is 2. The highest BCUT2D eigenvalue weighted by Crippen LogP contribution is 2.42. The second kappa shape index (κ2) is 8.52. The third kappa shape index (κ3) is 4.27. The van der Waals surface area contributed by atoms with E-state index < -0.39 is 17.5 Å². The first-order chi connectivity index (χ1) is 13.2. The molecule has 3 unspecified atom stereocenters. The largest absolute Gasteiger partial charge is 0.342 e. The van der Waals surface area contributed by atoms with Gasteiger partial charge in [0.25, 0.3) is 0 Å². The molecule has 1 saturated heterocycles. The van der Waals surface area contributed by atoms with Crippen LogP contribution in [0.4, 0.5) is 0 Å². The fraction of sp³-hybridized carbons (Fsp3) is 0.864. The monoisotopic (exact) mass is 391 g/mol. The highest BCUT2D eigenvalue weighted by molar-refractivity contribution is 5.91. The summed E-state index contributed by atoms with van der Waals surface area (Å²) in [7, 11) is 0. The molecule has 2 saturated carbocycles. The van der Waals surface area contributed by atoms with Gasteiger partial charge in [-0.25, -0.2) is 0 Å². The SMILES string of the molecule is CC(C)(C)C(NC(=O)[C@@H](N)C1CCCCC1)C(=O)N1CC2CCCC2[C@H]1C=O. The smallest absolute Gasteiger partial charge is 0.246 e. The molecule has 5 atom stereocenters. The summed E-state index contributed by atoms with van der Waals surface area (Å²) >= 11 is 0. The number of likely N-dealkylation sites (tertiary alicyclic amines) is 1. The topological polar surface area (TPSA) is 92.5 Å². The summed E-state index contributed by atoms with van der Waals surface area (Å²) in [5.74, 6) is 0.519. The molecular formula is C22H37N3O3. The van der Waals surface area contributed by atoms with Gasteiger partial charge in [-0.3, -0.25) is 9.59 Å². The second-order valence-corrected chi connectivity index (χ2v) is 10.2. The lowest BCUT2D eigenvalue weighted by molar-refractivity contribution is -0.142. The predicted molar refractivity (Wildman–Crippen MR) is 108 cm³/mol. The van der Waals surface area contributed by atoms with E-state index in [1.54, 1.807) is 4.90 Å². The van der Waals surface area contributed by atoms with Crippen molar-refractivity contribution in [2.24, 2.45) is 28.9 Å². The van der Waals surface area contributed by atoms with E-state index >= 15 is 0 Å². The Kier molecular flexibility index (Phi) is 6.47. The molecule has 6 nitrogen and oxygen atoms in total. The van der Waals surface area contributed by atoms with Crippen molar-refractivity contribution in [3.8, 4) is 0 Å². The van der Waals surface area contributed by atoms with Crippen molar-refractivity contribution in [3.05, 3.63) is 0 Å². The maximum Gasteiger partial charge on any atom is 0.246 e. The maximum absolute atomic E-state index is 13.4. The molecule has 3 N–H and O–H groups in total. The van der Waals surface area contributed by atoms with Gasteiger partial charge in [-0.15, -0.1) is 0 Å². The van der Waals surface area contributed by atoms with Gasteiger partial charge in [0.05, 0.1) is 12.1 Å². The van der Waals surface area contributed by atoms with E-state index in [2.05, 4.69) is 5.32 Å². The Morgan fingerprint density at radius 1 is 1.07 bits per heavy atom. The predicted octanol–water partition coefficient (Wildman–Crippen LogP) is 2.25. The summed E-state index contributed by atoms with van der Waals surface area (Å²) in [4.78, 5) is 39.8. The molecule has 3 rings (SSSR count). The average molecular weight is 392 g/mol. The Balaban J connectivity index is 1.72. The number of rotatable bonds is 5. The number of fused-ring (bicyclic) bond motifs is 1. The van der Waals surface area contributed by atoms with E-state index in [1.807, 2.05) is 20.8 Å². The number of nitrogens with zero attached hydrogens (tertiary/aromatic N) is 1. The number of aldehydes is 1. The van der Waals surface area contributed by atoms with Crippen LogP contribution in [0, 0.1) is 23.2 Å². The zero-order valence-electron chi connectivity index (χ0n) is 17.7. The number of nitrogens with two attached hydrogens (primary N) is 1. The van der Waals surface area contributed by atoms with Gasteiger partial charge in [0.2, 0.25) is 11.8 Å². The van der Waals surface area contributed by atoms with Crippen LogP contribution in [0.15, 0.2) is 0 Å². The van der Waals surface area contributed by atoms with Crippen LogP contribution < -0.4 is 11.1 Å². The Morgan fingerprint density at radius 2 is 1.75 bits per heavy atom. The van der Waals surface area contributed by atoms with Crippen molar-refractivity contribution in [3.63, 3.8) is 0 Å². The summed E-state index contributed by atoms with van der Waals surface area (Å²) < 4.78 is 0. The molecule has 0 bridgehead atoms. The van der Waals surface area contributed by atoms with Crippen LogP contribution in [0.2, 0.25) is 0 Å². The van der Waals surface area contributed by atoms with E-state index in [0.717, 1.165) is 51.2 Å². The molecule has 3 aliphatic rings. The second-order valence-electron chi connectivity index (χ2n) is 10.2. The van der Waals surface area contributed by atoms with Crippen LogP contribution in [0.5, 0.6) is 0 Å². The van der Waals surface area contributed by atoms with E-state index in [-0.39, 0.29) is 29.7 Å². The van der Waals surface area contributed by atoms with Gasteiger partial charge in [0, 0.05) is 6.54 Å². The summed E-state index contributed by atoms with van der Waals surface area (Å²) in [6, 6.07) is -1.59. The highest BCUT2D eigenvalue weighted by Gasteiger charge is 2.49. The van der Waals surface area contributed by atoms with Crippen LogP contribution in [-0.4, -0.2) is 47.7 Å². The first kappa shape index (κ1) is 21.3. The van der Waals surface area contributed by atoms with Crippen molar-refractivity contribution < 1.29 is 14.4 Å². The minimum absolute atomic E-state index is 0.136. The molecule has 3 fully saturated rings. The van der Waals surface area contributed by atoms with Crippen LogP contribution in [0.25, 0.3) is 0 Å². The summed E-state index contributed by atoms with van der Waals surface area (Å²) in [5, 5.41) is 2.97. The maximum atomic E-state index is 13.4. The van der Waals surface area contributed by atoms with Gasteiger partial charge < -0.3 is 20.7 Å². The Bertz CT molecular complexity index is 594. The third-order valence-electron chi connectivity index (χ3n) is 7.23.